The van der Waals surface area contributed by atoms with Crippen LogP contribution in [0.3, 0.4) is 0 Å². The molecule has 150 valence electrons. The third-order valence-corrected chi connectivity index (χ3v) is 6.20. The number of amides is 1. The van der Waals surface area contributed by atoms with E-state index in [0.29, 0.717) is 0 Å². The van der Waals surface area contributed by atoms with Crippen LogP contribution in [-0.4, -0.2) is 49.3 Å². The Labute approximate surface area is 171 Å². The SMILES string of the molecule is COc1ccccc1C#Cc1ccc2c(c1)[C@@H]1[C@@H](CCN1C(C)=O)[C@@H](CO)N2C. The normalized spacial score (nSPS) is 22.4. The molecule has 0 radical (unpaired) electrons. The lowest BCUT2D eigenvalue weighted by Gasteiger charge is -2.44. The molecule has 2 aromatic rings. The first-order valence-electron chi connectivity index (χ1n) is 9.95. The van der Waals surface area contributed by atoms with Crippen molar-refractivity contribution in [1.82, 2.24) is 4.90 Å². The maximum Gasteiger partial charge on any atom is 0.219 e. The summed E-state index contributed by atoms with van der Waals surface area (Å²) in [4.78, 5) is 16.4. The Morgan fingerprint density at radius 1 is 1.24 bits per heavy atom. The van der Waals surface area contributed by atoms with E-state index in [9.17, 15) is 9.90 Å². The zero-order valence-corrected chi connectivity index (χ0v) is 17.1. The number of hydrogen-bond donors (Lipinski definition) is 1. The Bertz CT molecular complexity index is 991. The zero-order chi connectivity index (χ0) is 20.5. The number of carbonyl (C=O) groups excluding carboxylic acids is 1. The highest BCUT2D eigenvalue weighted by atomic mass is 16.5. The fourth-order valence-corrected chi connectivity index (χ4v) is 4.77. The van der Waals surface area contributed by atoms with E-state index < -0.39 is 0 Å². The third kappa shape index (κ3) is 3.34. The van der Waals surface area contributed by atoms with Crippen LogP contribution in [0, 0.1) is 17.8 Å². The maximum absolute atomic E-state index is 12.3. The van der Waals surface area contributed by atoms with Crippen molar-refractivity contribution in [2.45, 2.75) is 25.4 Å². The lowest BCUT2D eigenvalue weighted by molar-refractivity contribution is -0.130. The highest BCUT2D eigenvalue weighted by molar-refractivity contribution is 5.75. The number of hydrogen-bond acceptors (Lipinski definition) is 4. The van der Waals surface area contributed by atoms with E-state index in [-0.39, 0.29) is 30.5 Å². The van der Waals surface area contributed by atoms with Gasteiger partial charge in [-0.15, -0.1) is 0 Å². The van der Waals surface area contributed by atoms with Crippen LogP contribution in [0.15, 0.2) is 42.5 Å². The summed E-state index contributed by atoms with van der Waals surface area (Å²) in [5.74, 6) is 7.50. The number of anilines is 1. The van der Waals surface area contributed by atoms with Gasteiger partial charge >= 0.3 is 0 Å². The molecule has 0 saturated carbocycles. The molecule has 0 aromatic heterocycles. The predicted octanol–water partition coefficient (Wildman–Crippen LogP) is 2.82. The number of aliphatic hydroxyl groups excluding tert-OH is 1. The lowest BCUT2D eigenvalue weighted by atomic mass is 9.81. The van der Waals surface area contributed by atoms with Crippen LogP contribution in [0.1, 0.15) is 36.1 Å². The van der Waals surface area contributed by atoms with E-state index in [1.807, 2.05) is 42.3 Å². The van der Waals surface area contributed by atoms with Crippen molar-refractivity contribution >= 4 is 11.6 Å². The predicted molar refractivity (Wildman–Crippen MR) is 113 cm³/mol. The van der Waals surface area contributed by atoms with Gasteiger partial charge in [0.25, 0.3) is 0 Å². The van der Waals surface area contributed by atoms with Gasteiger partial charge in [0.1, 0.15) is 5.75 Å². The van der Waals surface area contributed by atoms with Crippen molar-refractivity contribution in [3.05, 3.63) is 59.2 Å². The Morgan fingerprint density at radius 2 is 2.03 bits per heavy atom. The van der Waals surface area contributed by atoms with E-state index in [2.05, 4.69) is 28.9 Å². The van der Waals surface area contributed by atoms with Crippen molar-refractivity contribution in [2.75, 3.05) is 32.2 Å². The van der Waals surface area contributed by atoms with Crippen LogP contribution >= 0.6 is 0 Å². The summed E-state index contributed by atoms with van der Waals surface area (Å²) in [5.41, 5.74) is 3.91. The summed E-state index contributed by atoms with van der Waals surface area (Å²) in [7, 11) is 3.66. The molecule has 1 amide bonds. The van der Waals surface area contributed by atoms with Crippen molar-refractivity contribution < 1.29 is 14.6 Å². The molecule has 2 aromatic carbocycles. The zero-order valence-electron chi connectivity index (χ0n) is 17.1. The number of para-hydroxylation sites is 1. The Kier molecular flexibility index (Phi) is 5.21. The summed E-state index contributed by atoms with van der Waals surface area (Å²) < 4.78 is 5.38. The number of nitrogens with zero attached hydrogens (tertiary/aromatic N) is 2. The minimum atomic E-state index is -0.0103. The van der Waals surface area contributed by atoms with E-state index in [1.54, 1.807) is 14.0 Å². The fraction of sp³-hybridized carbons (Fsp3) is 0.375. The quantitative estimate of drug-likeness (QED) is 0.802. The number of methoxy groups -OCH3 is 1. The molecule has 1 N–H and O–H groups in total. The second-order valence-corrected chi connectivity index (χ2v) is 7.69. The Morgan fingerprint density at radius 3 is 2.76 bits per heavy atom. The average molecular weight is 390 g/mol. The molecule has 5 nitrogen and oxygen atoms in total. The summed E-state index contributed by atoms with van der Waals surface area (Å²) in [6, 6.07) is 13.9. The maximum atomic E-state index is 12.3. The van der Waals surface area contributed by atoms with Crippen molar-refractivity contribution in [1.29, 1.82) is 0 Å². The minimum absolute atomic E-state index is 0.0103. The lowest BCUT2D eigenvalue weighted by Crippen LogP contribution is -2.48. The smallest absolute Gasteiger partial charge is 0.219 e. The second-order valence-electron chi connectivity index (χ2n) is 7.69. The van der Waals surface area contributed by atoms with E-state index in [1.165, 1.54) is 0 Å². The van der Waals surface area contributed by atoms with Gasteiger partial charge in [0.15, 0.2) is 0 Å². The summed E-state index contributed by atoms with van der Waals surface area (Å²) >= 11 is 0. The van der Waals surface area contributed by atoms with Gasteiger partial charge in [-0.3, -0.25) is 4.79 Å². The van der Waals surface area contributed by atoms with Crippen LogP contribution in [0.25, 0.3) is 0 Å². The number of ether oxygens (including phenoxy) is 1. The molecule has 29 heavy (non-hydrogen) atoms. The van der Waals surface area contributed by atoms with Gasteiger partial charge < -0.3 is 19.6 Å². The van der Waals surface area contributed by atoms with Crippen LogP contribution in [-0.2, 0) is 4.79 Å². The molecule has 2 aliphatic heterocycles. The van der Waals surface area contributed by atoms with Gasteiger partial charge in [0.05, 0.1) is 31.4 Å². The molecule has 0 bridgehead atoms. The van der Waals surface area contributed by atoms with Gasteiger partial charge in [-0.2, -0.15) is 0 Å². The number of likely N-dealkylation sites (tertiary alicyclic amines) is 1. The first-order valence-corrected chi connectivity index (χ1v) is 9.95. The van der Waals surface area contributed by atoms with Gasteiger partial charge in [-0.1, -0.05) is 24.0 Å². The second kappa shape index (κ2) is 7.81. The number of aliphatic hydroxyl groups is 1. The van der Waals surface area contributed by atoms with Crippen LogP contribution < -0.4 is 9.64 Å². The van der Waals surface area contributed by atoms with E-state index >= 15 is 0 Å². The highest BCUT2D eigenvalue weighted by Crippen LogP contribution is 2.48. The molecule has 0 unspecified atom stereocenters. The molecule has 4 rings (SSSR count). The molecule has 5 heteroatoms. The van der Waals surface area contributed by atoms with Gasteiger partial charge in [0.2, 0.25) is 5.91 Å². The van der Waals surface area contributed by atoms with Crippen molar-refractivity contribution in [3.63, 3.8) is 0 Å². The largest absolute Gasteiger partial charge is 0.495 e. The first kappa shape index (κ1) is 19.4. The average Bonchev–Trinajstić information content (AvgIpc) is 3.18. The summed E-state index contributed by atoms with van der Waals surface area (Å²) in [6.07, 6.45) is 0.899. The molecule has 2 aliphatic rings. The van der Waals surface area contributed by atoms with E-state index in [4.69, 9.17) is 4.74 Å². The Hall–Kier alpha value is -2.97. The molecule has 0 aliphatic carbocycles. The van der Waals surface area contributed by atoms with Gasteiger partial charge in [-0.25, -0.2) is 0 Å². The number of rotatable bonds is 2. The fourth-order valence-electron chi connectivity index (χ4n) is 4.77. The molecule has 1 fully saturated rings. The molecular weight excluding hydrogens is 364 g/mol. The van der Waals surface area contributed by atoms with Gasteiger partial charge in [0, 0.05) is 37.7 Å². The monoisotopic (exact) mass is 390 g/mol. The summed E-state index contributed by atoms with van der Waals surface area (Å²) in [6.45, 7) is 2.43. The number of likely N-dealkylation sites (N-methyl/N-ethyl adjacent to an activating group) is 1. The molecular formula is C24H26N2O3. The van der Waals surface area contributed by atoms with Crippen molar-refractivity contribution in [2.24, 2.45) is 5.92 Å². The molecule has 2 heterocycles. The van der Waals surface area contributed by atoms with Crippen molar-refractivity contribution in [3.8, 4) is 17.6 Å². The molecule has 0 spiro atoms. The third-order valence-electron chi connectivity index (χ3n) is 6.20. The molecule has 3 atom stereocenters. The van der Waals surface area contributed by atoms with Crippen LogP contribution in [0.2, 0.25) is 0 Å². The standard InChI is InChI=1S/C24H26N2O3/c1-16(28)26-13-12-19-22(15-27)25(2)21-11-9-17(14-20(21)24(19)26)8-10-18-6-4-5-7-23(18)29-3/h4-7,9,11,14,19,22,24,27H,12-13,15H2,1-3H3/t19-,22+,24-/m0/s1. The highest BCUT2D eigenvalue weighted by Gasteiger charge is 2.46. The topological polar surface area (TPSA) is 53.0 Å². The van der Waals surface area contributed by atoms with Crippen LogP contribution in [0.4, 0.5) is 5.69 Å². The Balaban J connectivity index is 1.76. The summed E-state index contributed by atoms with van der Waals surface area (Å²) in [5, 5.41) is 9.99. The first-order chi connectivity index (χ1) is 14.0. The molecule has 1 saturated heterocycles. The van der Waals surface area contributed by atoms with Gasteiger partial charge in [-0.05, 0) is 42.3 Å². The minimum Gasteiger partial charge on any atom is -0.495 e. The number of benzene rings is 2. The number of carbonyl (C=O) groups is 1. The van der Waals surface area contributed by atoms with Crippen LogP contribution in [0.5, 0.6) is 5.75 Å². The number of fused-ring (bicyclic) bond motifs is 3. The van der Waals surface area contributed by atoms with E-state index in [0.717, 1.165) is 41.1 Å².